The van der Waals surface area contributed by atoms with Crippen LogP contribution in [0.5, 0.6) is 11.5 Å². The molecule has 1 N–H and O–H groups in total. The maximum Gasteiger partial charge on any atom is 0.160 e. The van der Waals surface area contributed by atoms with Gasteiger partial charge in [0, 0.05) is 0 Å². The number of phenols is 1. The summed E-state index contributed by atoms with van der Waals surface area (Å²) in [5.74, 6) is 0.691. The molecule has 2 rings (SSSR count). The van der Waals surface area contributed by atoms with Crippen LogP contribution in [0.4, 0.5) is 0 Å². The maximum absolute atomic E-state index is 9.55. The first-order valence-corrected chi connectivity index (χ1v) is 7.27. The van der Waals surface area contributed by atoms with Gasteiger partial charge >= 0.3 is 0 Å². The number of aromatic hydroxyl groups is 1. The van der Waals surface area contributed by atoms with Crippen molar-refractivity contribution in [1.82, 2.24) is 0 Å². The van der Waals surface area contributed by atoms with Crippen molar-refractivity contribution in [3.05, 3.63) is 23.8 Å². The van der Waals surface area contributed by atoms with Gasteiger partial charge in [-0.25, -0.2) is 0 Å². The number of benzene rings is 1. The molecule has 1 saturated carbocycles. The summed E-state index contributed by atoms with van der Waals surface area (Å²) < 4.78 is 11.1. The van der Waals surface area contributed by atoms with E-state index in [0.717, 1.165) is 5.56 Å². The van der Waals surface area contributed by atoms with Gasteiger partial charge in [-0.05, 0) is 30.5 Å². The Labute approximate surface area is 115 Å². The zero-order chi connectivity index (χ0) is 13.5. The number of ether oxygens (including phenoxy) is 2. The van der Waals surface area contributed by atoms with E-state index < -0.39 is 0 Å². The Morgan fingerprint density at radius 2 is 1.79 bits per heavy atom. The predicted octanol–water partition coefficient (Wildman–Crippen LogP) is 4.03. The molecule has 0 unspecified atom stereocenters. The molecule has 0 aromatic heterocycles. The molecular formula is C16H24O3. The Hall–Kier alpha value is -1.22. The lowest BCUT2D eigenvalue weighted by molar-refractivity contribution is 0.0236. The second-order valence-electron chi connectivity index (χ2n) is 5.28. The molecule has 3 nitrogen and oxygen atoms in total. The highest BCUT2D eigenvalue weighted by Crippen LogP contribution is 2.27. The van der Waals surface area contributed by atoms with Crippen LogP contribution >= 0.6 is 0 Å². The Bertz CT molecular complexity index is 382. The van der Waals surface area contributed by atoms with E-state index in [-0.39, 0.29) is 5.75 Å². The molecule has 106 valence electrons. The van der Waals surface area contributed by atoms with Gasteiger partial charge in [0.05, 0.1) is 19.8 Å². The third kappa shape index (κ3) is 4.43. The fourth-order valence-corrected chi connectivity index (χ4v) is 2.61. The van der Waals surface area contributed by atoms with Crippen LogP contribution in [0.2, 0.25) is 0 Å². The summed E-state index contributed by atoms with van der Waals surface area (Å²) in [5, 5.41) is 9.55. The number of rotatable bonds is 4. The minimum Gasteiger partial charge on any atom is -0.504 e. The average Bonchev–Trinajstić information content (AvgIpc) is 2.39. The van der Waals surface area contributed by atoms with E-state index in [1.165, 1.54) is 44.9 Å². The van der Waals surface area contributed by atoms with Gasteiger partial charge in [0.15, 0.2) is 11.5 Å². The highest BCUT2D eigenvalue weighted by molar-refractivity contribution is 5.41. The summed E-state index contributed by atoms with van der Waals surface area (Å²) in [6.07, 6.45) is 9.36. The minimum atomic E-state index is 0.178. The number of hydrogen-bond acceptors (Lipinski definition) is 3. The molecule has 0 atom stereocenters. The SMILES string of the molecule is COc1cc(COC2CCCCCCC2)ccc1O. The summed E-state index contributed by atoms with van der Waals surface area (Å²) in [6.45, 7) is 0.599. The molecule has 0 aliphatic heterocycles. The standard InChI is InChI=1S/C16H24O3/c1-18-16-11-13(9-10-15(16)17)12-19-14-7-5-3-2-4-6-8-14/h9-11,14,17H,2-8,12H2,1H3. The molecule has 0 saturated heterocycles. The van der Waals surface area contributed by atoms with Crippen LogP contribution in [0, 0.1) is 0 Å². The molecule has 19 heavy (non-hydrogen) atoms. The maximum atomic E-state index is 9.55. The number of methoxy groups -OCH3 is 1. The molecule has 1 fully saturated rings. The molecule has 1 aliphatic carbocycles. The lowest BCUT2D eigenvalue weighted by atomic mass is 9.98. The monoisotopic (exact) mass is 264 g/mol. The Balaban J connectivity index is 1.86. The Morgan fingerprint density at radius 3 is 2.47 bits per heavy atom. The lowest BCUT2D eigenvalue weighted by Crippen LogP contribution is -2.14. The molecule has 1 aromatic carbocycles. The molecule has 0 heterocycles. The van der Waals surface area contributed by atoms with Gasteiger partial charge < -0.3 is 14.6 Å². The van der Waals surface area contributed by atoms with Crippen LogP contribution in [-0.2, 0) is 11.3 Å². The zero-order valence-electron chi connectivity index (χ0n) is 11.7. The van der Waals surface area contributed by atoms with E-state index in [1.54, 1.807) is 13.2 Å². The predicted molar refractivity (Wildman–Crippen MR) is 75.6 cm³/mol. The molecule has 0 radical (unpaired) electrons. The summed E-state index contributed by atoms with van der Waals surface area (Å²) in [7, 11) is 1.56. The molecule has 1 aliphatic rings. The third-order valence-electron chi connectivity index (χ3n) is 3.78. The van der Waals surface area contributed by atoms with Crippen LogP contribution in [0.15, 0.2) is 18.2 Å². The van der Waals surface area contributed by atoms with E-state index >= 15 is 0 Å². The first-order valence-electron chi connectivity index (χ1n) is 7.27. The van der Waals surface area contributed by atoms with E-state index in [0.29, 0.717) is 18.5 Å². The Morgan fingerprint density at radius 1 is 1.11 bits per heavy atom. The fourth-order valence-electron chi connectivity index (χ4n) is 2.61. The first kappa shape index (κ1) is 14.2. The molecular weight excluding hydrogens is 240 g/mol. The van der Waals surface area contributed by atoms with Crippen molar-refractivity contribution in [2.45, 2.75) is 57.7 Å². The van der Waals surface area contributed by atoms with Gasteiger partial charge in [0.25, 0.3) is 0 Å². The van der Waals surface area contributed by atoms with Crippen LogP contribution < -0.4 is 4.74 Å². The summed E-state index contributed by atoms with van der Waals surface area (Å²) in [6, 6.07) is 5.40. The van der Waals surface area contributed by atoms with Crippen LogP contribution in [0.1, 0.15) is 50.5 Å². The number of hydrogen-bond donors (Lipinski definition) is 1. The lowest BCUT2D eigenvalue weighted by Gasteiger charge is -2.20. The highest BCUT2D eigenvalue weighted by Gasteiger charge is 2.12. The van der Waals surface area contributed by atoms with Gasteiger partial charge in [0.2, 0.25) is 0 Å². The molecule has 0 spiro atoms. The van der Waals surface area contributed by atoms with E-state index in [9.17, 15) is 5.11 Å². The second kappa shape index (κ2) is 7.39. The first-order chi connectivity index (χ1) is 9.29. The molecule has 3 heteroatoms. The quantitative estimate of drug-likeness (QED) is 0.892. The fraction of sp³-hybridized carbons (Fsp3) is 0.625. The normalized spacial score (nSPS) is 17.7. The van der Waals surface area contributed by atoms with Crippen molar-refractivity contribution in [3.8, 4) is 11.5 Å². The smallest absolute Gasteiger partial charge is 0.160 e. The van der Waals surface area contributed by atoms with Gasteiger partial charge in [-0.3, -0.25) is 0 Å². The Kier molecular flexibility index (Phi) is 5.52. The number of phenolic OH excluding ortho intramolecular Hbond substituents is 1. The van der Waals surface area contributed by atoms with Gasteiger partial charge in [-0.2, -0.15) is 0 Å². The van der Waals surface area contributed by atoms with Gasteiger partial charge in [-0.1, -0.05) is 38.2 Å². The summed E-state index contributed by atoms with van der Waals surface area (Å²) >= 11 is 0. The second-order valence-corrected chi connectivity index (χ2v) is 5.28. The zero-order valence-corrected chi connectivity index (χ0v) is 11.7. The van der Waals surface area contributed by atoms with E-state index in [2.05, 4.69) is 0 Å². The largest absolute Gasteiger partial charge is 0.504 e. The van der Waals surface area contributed by atoms with Gasteiger partial charge in [-0.15, -0.1) is 0 Å². The summed E-state index contributed by atoms with van der Waals surface area (Å²) in [5.41, 5.74) is 1.05. The van der Waals surface area contributed by atoms with Crippen LogP contribution in [0.25, 0.3) is 0 Å². The molecule has 0 bridgehead atoms. The van der Waals surface area contributed by atoms with Crippen molar-refractivity contribution in [2.24, 2.45) is 0 Å². The highest BCUT2D eigenvalue weighted by atomic mass is 16.5. The van der Waals surface area contributed by atoms with Crippen molar-refractivity contribution >= 4 is 0 Å². The molecule has 0 amide bonds. The van der Waals surface area contributed by atoms with E-state index in [1.807, 2.05) is 12.1 Å². The average molecular weight is 264 g/mol. The van der Waals surface area contributed by atoms with Gasteiger partial charge in [0.1, 0.15) is 0 Å². The van der Waals surface area contributed by atoms with Crippen molar-refractivity contribution < 1.29 is 14.6 Å². The van der Waals surface area contributed by atoms with E-state index in [4.69, 9.17) is 9.47 Å². The topological polar surface area (TPSA) is 38.7 Å². The van der Waals surface area contributed by atoms with Crippen molar-refractivity contribution in [1.29, 1.82) is 0 Å². The molecule has 1 aromatic rings. The van der Waals surface area contributed by atoms with Crippen molar-refractivity contribution in [2.75, 3.05) is 7.11 Å². The van der Waals surface area contributed by atoms with Crippen LogP contribution in [-0.4, -0.2) is 18.3 Å². The summed E-state index contributed by atoms with van der Waals surface area (Å²) in [4.78, 5) is 0. The van der Waals surface area contributed by atoms with Crippen LogP contribution in [0.3, 0.4) is 0 Å². The van der Waals surface area contributed by atoms with Crippen molar-refractivity contribution in [3.63, 3.8) is 0 Å². The minimum absolute atomic E-state index is 0.178. The third-order valence-corrected chi connectivity index (χ3v) is 3.78.